The summed E-state index contributed by atoms with van der Waals surface area (Å²) < 4.78 is 5.43. The zero-order valence-corrected chi connectivity index (χ0v) is 18.5. The Kier molecular flexibility index (Phi) is 7.05. The van der Waals surface area contributed by atoms with Crippen molar-refractivity contribution in [1.29, 1.82) is 0 Å². The number of hydrogen-bond acceptors (Lipinski definition) is 3. The molecule has 2 aromatic carbocycles. The summed E-state index contributed by atoms with van der Waals surface area (Å²) in [5.41, 5.74) is 2.85. The van der Waals surface area contributed by atoms with Crippen LogP contribution < -0.4 is 5.32 Å². The van der Waals surface area contributed by atoms with Gasteiger partial charge in [-0.2, -0.15) is 0 Å². The molecule has 0 saturated heterocycles. The van der Waals surface area contributed by atoms with Crippen molar-refractivity contribution in [2.45, 2.75) is 57.7 Å². The smallest absolute Gasteiger partial charge is 0.290 e. The lowest BCUT2D eigenvalue weighted by atomic mass is 9.94. The lowest BCUT2D eigenvalue weighted by Crippen LogP contribution is -2.46. The van der Waals surface area contributed by atoms with Crippen molar-refractivity contribution in [3.8, 4) is 0 Å². The minimum atomic E-state index is -0.754. The van der Waals surface area contributed by atoms with Crippen LogP contribution in [0.2, 0.25) is 0 Å². The van der Waals surface area contributed by atoms with Gasteiger partial charge in [0.1, 0.15) is 6.04 Å². The van der Waals surface area contributed by atoms with Gasteiger partial charge >= 0.3 is 0 Å². The molecule has 1 unspecified atom stereocenters. The van der Waals surface area contributed by atoms with Crippen molar-refractivity contribution in [3.05, 3.63) is 95.4 Å². The highest BCUT2D eigenvalue weighted by Crippen LogP contribution is 2.28. The Morgan fingerprint density at radius 2 is 1.69 bits per heavy atom. The SMILES string of the molecule is Cc1ccc(C(C(=O)NC2CCCCC2)N(Cc2ccccc2)C(=O)c2ccco2)cc1. The van der Waals surface area contributed by atoms with E-state index in [0.29, 0.717) is 6.54 Å². The number of benzene rings is 2. The number of nitrogens with one attached hydrogen (secondary N) is 1. The third kappa shape index (κ3) is 5.28. The first kappa shape index (κ1) is 21.9. The van der Waals surface area contributed by atoms with E-state index in [2.05, 4.69) is 5.32 Å². The third-order valence-corrected chi connectivity index (χ3v) is 6.09. The van der Waals surface area contributed by atoms with Gasteiger partial charge in [0, 0.05) is 12.6 Å². The molecule has 0 bridgehead atoms. The summed E-state index contributed by atoms with van der Waals surface area (Å²) in [7, 11) is 0. The molecule has 1 N–H and O–H groups in total. The summed E-state index contributed by atoms with van der Waals surface area (Å²) >= 11 is 0. The van der Waals surface area contributed by atoms with E-state index in [9.17, 15) is 9.59 Å². The van der Waals surface area contributed by atoms with Gasteiger partial charge in [-0.05, 0) is 43.0 Å². The Morgan fingerprint density at radius 3 is 2.34 bits per heavy atom. The number of rotatable bonds is 7. The summed E-state index contributed by atoms with van der Waals surface area (Å²) in [6, 6.07) is 20.3. The molecule has 1 heterocycles. The fourth-order valence-electron chi connectivity index (χ4n) is 4.35. The maximum Gasteiger partial charge on any atom is 0.290 e. The van der Waals surface area contributed by atoms with Crippen LogP contribution in [-0.2, 0) is 11.3 Å². The van der Waals surface area contributed by atoms with E-state index in [1.807, 2.05) is 61.5 Å². The first-order chi connectivity index (χ1) is 15.6. The van der Waals surface area contributed by atoms with Crippen LogP contribution in [0, 0.1) is 6.92 Å². The molecule has 166 valence electrons. The van der Waals surface area contributed by atoms with Crippen molar-refractivity contribution < 1.29 is 14.0 Å². The summed E-state index contributed by atoms with van der Waals surface area (Å²) in [6.07, 6.45) is 6.91. The van der Waals surface area contributed by atoms with E-state index in [-0.39, 0.29) is 23.6 Å². The number of carbonyl (C=O) groups excluding carboxylic acids is 2. The number of carbonyl (C=O) groups is 2. The molecule has 0 aliphatic heterocycles. The molecule has 5 nitrogen and oxygen atoms in total. The van der Waals surface area contributed by atoms with Crippen LogP contribution in [0.25, 0.3) is 0 Å². The van der Waals surface area contributed by atoms with E-state index in [1.165, 1.54) is 12.7 Å². The number of aryl methyl sites for hydroxylation is 1. The molecule has 1 aliphatic rings. The van der Waals surface area contributed by atoms with Crippen molar-refractivity contribution in [1.82, 2.24) is 10.2 Å². The van der Waals surface area contributed by atoms with E-state index in [1.54, 1.807) is 17.0 Å². The molecule has 0 radical (unpaired) electrons. The first-order valence-corrected chi connectivity index (χ1v) is 11.4. The molecule has 0 spiro atoms. The van der Waals surface area contributed by atoms with Crippen LogP contribution in [-0.4, -0.2) is 22.8 Å². The van der Waals surface area contributed by atoms with Crippen LogP contribution in [0.1, 0.15) is 65.4 Å². The molecular weight excluding hydrogens is 400 g/mol. The van der Waals surface area contributed by atoms with Crippen molar-refractivity contribution in [3.63, 3.8) is 0 Å². The molecule has 1 atom stereocenters. The van der Waals surface area contributed by atoms with Gasteiger partial charge in [-0.3, -0.25) is 9.59 Å². The molecule has 1 aliphatic carbocycles. The maximum absolute atomic E-state index is 13.7. The number of nitrogens with zero attached hydrogens (tertiary/aromatic N) is 1. The first-order valence-electron chi connectivity index (χ1n) is 11.4. The lowest BCUT2D eigenvalue weighted by Gasteiger charge is -2.33. The van der Waals surface area contributed by atoms with Crippen LogP contribution in [0.4, 0.5) is 0 Å². The van der Waals surface area contributed by atoms with Gasteiger partial charge in [-0.25, -0.2) is 0 Å². The Hall–Kier alpha value is -3.34. The molecule has 3 aromatic rings. The Balaban J connectivity index is 1.71. The van der Waals surface area contributed by atoms with E-state index >= 15 is 0 Å². The average molecular weight is 431 g/mol. The Morgan fingerprint density at radius 1 is 0.969 bits per heavy atom. The second-order valence-corrected chi connectivity index (χ2v) is 8.55. The molecule has 32 heavy (non-hydrogen) atoms. The predicted octanol–water partition coefficient (Wildman–Crippen LogP) is 5.42. The van der Waals surface area contributed by atoms with Gasteiger partial charge in [0.15, 0.2) is 5.76 Å². The number of amides is 2. The van der Waals surface area contributed by atoms with Crippen molar-refractivity contribution in [2.75, 3.05) is 0 Å². The van der Waals surface area contributed by atoms with Crippen molar-refractivity contribution >= 4 is 11.8 Å². The maximum atomic E-state index is 13.7. The second kappa shape index (κ2) is 10.3. The van der Waals surface area contributed by atoms with Crippen LogP contribution >= 0.6 is 0 Å². The second-order valence-electron chi connectivity index (χ2n) is 8.55. The zero-order valence-electron chi connectivity index (χ0n) is 18.5. The fourth-order valence-corrected chi connectivity index (χ4v) is 4.35. The van der Waals surface area contributed by atoms with E-state index < -0.39 is 6.04 Å². The number of hydrogen-bond donors (Lipinski definition) is 1. The van der Waals surface area contributed by atoms with Gasteiger partial charge in [0.2, 0.25) is 5.91 Å². The Bertz CT molecular complexity index is 1010. The largest absolute Gasteiger partial charge is 0.459 e. The van der Waals surface area contributed by atoms with E-state index in [0.717, 1.165) is 42.4 Å². The Labute approximate surface area is 189 Å². The molecule has 1 fully saturated rings. The molecule has 1 aromatic heterocycles. The van der Waals surface area contributed by atoms with Crippen LogP contribution in [0.15, 0.2) is 77.4 Å². The van der Waals surface area contributed by atoms with Gasteiger partial charge in [0.05, 0.1) is 6.26 Å². The summed E-state index contributed by atoms with van der Waals surface area (Å²) in [5, 5.41) is 3.24. The van der Waals surface area contributed by atoms with Crippen LogP contribution in [0.5, 0.6) is 0 Å². The minimum Gasteiger partial charge on any atom is -0.459 e. The highest BCUT2D eigenvalue weighted by Gasteiger charge is 2.34. The fraction of sp³-hybridized carbons (Fsp3) is 0.333. The topological polar surface area (TPSA) is 62.6 Å². The van der Waals surface area contributed by atoms with Crippen LogP contribution in [0.3, 0.4) is 0 Å². The quantitative estimate of drug-likeness (QED) is 0.544. The lowest BCUT2D eigenvalue weighted by molar-refractivity contribution is -0.127. The standard InChI is InChI=1S/C27H30N2O3/c1-20-14-16-22(17-15-20)25(26(30)28-23-11-6-3-7-12-23)29(19-21-9-4-2-5-10-21)27(31)24-13-8-18-32-24/h2,4-5,8-10,13-18,23,25H,3,6-7,11-12,19H2,1H3,(H,28,30). The predicted molar refractivity (Wildman–Crippen MR) is 124 cm³/mol. The van der Waals surface area contributed by atoms with E-state index in [4.69, 9.17) is 4.42 Å². The highest BCUT2D eigenvalue weighted by atomic mass is 16.3. The molecule has 4 rings (SSSR count). The van der Waals surface area contributed by atoms with Gasteiger partial charge in [0.25, 0.3) is 5.91 Å². The summed E-state index contributed by atoms with van der Waals surface area (Å²) in [6.45, 7) is 2.31. The zero-order chi connectivity index (χ0) is 22.3. The van der Waals surface area contributed by atoms with Crippen molar-refractivity contribution in [2.24, 2.45) is 0 Å². The summed E-state index contributed by atoms with van der Waals surface area (Å²) in [5.74, 6) is -0.219. The molecule has 2 amide bonds. The average Bonchev–Trinajstić information content (AvgIpc) is 3.36. The number of furan rings is 1. The monoisotopic (exact) mass is 430 g/mol. The third-order valence-electron chi connectivity index (χ3n) is 6.09. The van der Waals surface area contributed by atoms with Gasteiger partial charge in [-0.1, -0.05) is 79.4 Å². The summed E-state index contributed by atoms with van der Waals surface area (Å²) in [4.78, 5) is 28.8. The molecule has 1 saturated carbocycles. The highest BCUT2D eigenvalue weighted by molar-refractivity contribution is 5.96. The van der Waals surface area contributed by atoms with Gasteiger partial charge < -0.3 is 14.6 Å². The molecule has 5 heteroatoms. The van der Waals surface area contributed by atoms with Gasteiger partial charge in [-0.15, -0.1) is 0 Å². The molecular formula is C27H30N2O3. The minimum absolute atomic E-state index is 0.142. The normalized spacial score (nSPS) is 15.2.